The van der Waals surface area contributed by atoms with Crippen LogP contribution in [0, 0.1) is 12.8 Å². The molecule has 0 aromatic heterocycles. The van der Waals surface area contributed by atoms with Crippen molar-refractivity contribution in [2.45, 2.75) is 13.3 Å². The largest absolute Gasteiger partial charge is 0.371 e. The highest BCUT2D eigenvalue weighted by molar-refractivity contribution is 5.49. The summed E-state index contributed by atoms with van der Waals surface area (Å²) >= 11 is 0. The van der Waals surface area contributed by atoms with Crippen molar-refractivity contribution in [2.24, 2.45) is 5.92 Å². The molecule has 0 saturated carbocycles. The summed E-state index contributed by atoms with van der Waals surface area (Å²) in [5.41, 5.74) is 2.77. The topological polar surface area (TPSA) is 18.5 Å². The Morgan fingerprint density at radius 3 is 2.84 bits per heavy atom. The number of nitrogens with one attached hydrogen (secondary N) is 1. The zero-order valence-electron chi connectivity index (χ0n) is 11.9. The van der Waals surface area contributed by atoms with Crippen LogP contribution in [-0.4, -0.2) is 50.7 Å². The molecule has 1 atom stereocenters. The number of hydrogen-bond donors (Lipinski definition) is 1. The number of rotatable bonds is 3. The van der Waals surface area contributed by atoms with Crippen molar-refractivity contribution in [2.75, 3.05) is 50.7 Å². The van der Waals surface area contributed by atoms with E-state index >= 15 is 0 Å². The zero-order valence-corrected chi connectivity index (χ0v) is 11.9. The maximum Gasteiger partial charge on any atom is 0.0368 e. The highest BCUT2D eigenvalue weighted by atomic mass is 15.2. The first kappa shape index (κ1) is 12.9. The molecule has 3 rings (SSSR count). The zero-order chi connectivity index (χ0) is 13.1. The van der Waals surface area contributed by atoms with Gasteiger partial charge in [0.15, 0.2) is 0 Å². The van der Waals surface area contributed by atoms with E-state index in [9.17, 15) is 0 Å². The fraction of sp³-hybridized carbons (Fsp3) is 0.625. The van der Waals surface area contributed by atoms with Gasteiger partial charge in [-0.3, -0.25) is 0 Å². The Hall–Kier alpha value is -1.06. The van der Waals surface area contributed by atoms with Crippen LogP contribution < -0.4 is 10.2 Å². The Bertz CT molecular complexity index is 412. The van der Waals surface area contributed by atoms with Gasteiger partial charge in [-0.1, -0.05) is 12.1 Å². The van der Waals surface area contributed by atoms with Crippen LogP contribution in [-0.2, 0) is 0 Å². The van der Waals surface area contributed by atoms with Gasteiger partial charge in [0.1, 0.15) is 0 Å². The van der Waals surface area contributed by atoms with Crippen LogP contribution in [0.4, 0.5) is 5.69 Å². The van der Waals surface area contributed by atoms with Crippen molar-refractivity contribution < 1.29 is 0 Å². The maximum atomic E-state index is 3.43. The van der Waals surface area contributed by atoms with Crippen LogP contribution in [0.5, 0.6) is 0 Å². The summed E-state index contributed by atoms with van der Waals surface area (Å²) in [6, 6.07) is 8.92. The standard InChI is InChI=1S/C16H25N3/c1-14-3-2-4-16(11-14)19-8-5-15(13-19)12-18-9-6-17-7-10-18/h2-4,11,15,17H,5-10,12-13H2,1H3. The fourth-order valence-corrected chi connectivity index (χ4v) is 3.30. The van der Waals surface area contributed by atoms with E-state index in [0.717, 1.165) is 19.0 Å². The van der Waals surface area contributed by atoms with E-state index in [1.165, 1.54) is 50.4 Å². The third-order valence-electron chi connectivity index (χ3n) is 4.38. The molecule has 2 saturated heterocycles. The maximum absolute atomic E-state index is 3.43. The molecule has 104 valence electrons. The van der Waals surface area contributed by atoms with Gasteiger partial charge >= 0.3 is 0 Å². The van der Waals surface area contributed by atoms with E-state index in [1.807, 2.05) is 0 Å². The van der Waals surface area contributed by atoms with Gasteiger partial charge in [0, 0.05) is 51.5 Å². The number of nitrogens with zero attached hydrogens (tertiary/aromatic N) is 2. The van der Waals surface area contributed by atoms with Crippen molar-refractivity contribution in [3.05, 3.63) is 29.8 Å². The molecule has 2 aliphatic rings. The molecule has 0 bridgehead atoms. The number of piperazine rings is 1. The van der Waals surface area contributed by atoms with Gasteiger partial charge in [-0.2, -0.15) is 0 Å². The molecule has 3 nitrogen and oxygen atoms in total. The lowest BCUT2D eigenvalue weighted by Gasteiger charge is -2.29. The predicted molar refractivity (Wildman–Crippen MR) is 80.8 cm³/mol. The van der Waals surface area contributed by atoms with E-state index in [2.05, 4.69) is 46.3 Å². The van der Waals surface area contributed by atoms with Crippen LogP contribution in [0.15, 0.2) is 24.3 Å². The number of anilines is 1. The van der Waals surface area contributed by atoms with E-state index < -0.39 is 0 Å². The highest BCUT2D eigenvalue weighted by Gasteiger charge is 2.25. The van der Waals surface area contributed by atoms with Crippen molar-refractivity contribution in [3.8, 4) is 0 Å². The minimum Gasteiger partial charge on any atom is -0.371 e. The molecular weight excluding hydrogens is 234 g/mol. The van der Waals surface area contributed by atoms with E-state index in [4.69, 9.17) is 0 Å². The van der Waals surface area contributed by atoms with Crippen molar-refractivity contribution in [3.63, 3.8) is 0 Å². The van der Waals surface area contributed by atoms with Crippen LogP contribution in [0.3, 0.4) is 0 Å². The Morgan fingerprint density at radius 2 is 2.05 bits per heavy atom. The molecule has 1 aromatic carbocycles. The molecule has 19 heavy (non-hydrogen) atoms. The van der Waals surface area contributed by atoms with Gasteiger partial charge in [-0.05, 0) is 37.0 Å². The summed E-state index contributed by atoms with van der Waals surface area (Å²) in [7, 11) is 0. The summed E-state index contributed by atoms with van der Waals surface area (Å²) in [5, 5.41) is 3.43. The van der Waals surface area contributed by atoms with Crippen molar-refractivity contribution >= 4 is 5.69 Å². The molecule has 0 aliphatic carbocycles. The monoisotopic (exact) mass is 259 g/mol. The average Bonchev–Trinajstić information content (AvgIpc) is 2.88. The molecule has 1 aromatic rings. The minimum absolute atomic E-state index is 0.846. The van der Waals surface area contributed by atoms with E-state index in [-0.39, 0.29) is 0 Å². The molecule has 2 heterocycles. The van der Waals surface area contributed by atoms with Gasteiger partial charge in [0.2, 0.25) is 0 Å². The molecule has 2 aliphatic heterocycles. The second-order valence-corrected chi connectivity index (χ2v) is 5.99. The summed E-state index contributed by atoms with van der Waals surface area (Å²) in [6.07, 6.45) is 1.35. The minimum atomic E-state index is 0.846. The molecule has 0 spiro atoms. The normalized spacial score (nSPS) is 24.9. The molecule has 1 unspecified atom stereocenters. The van der Waals surface area contributed by atoms with Crippen LogP contribution >= 0.6 is 0 Å². The fourth-order valence-electron chi connectivity index (χ4n) is 3.30. The van der Waals surface area contributed by atoms with Gasteiger partial charge < -0.3 is 15.1 Å². The second kappa shape index (κ2) is 5.93. The van der Waals surface area contributed by atoms with E-state index in [1.54, 1.807) is 0 Å². The first-order valence-electron chi connectivity index (χ1n) is 7.56. The van der Waals surface area contributed by atoms with Gasteiger partial charge in [0.25, 0.3) is 0 Å². The third-order valence-corrected chi connectivity index (χ3v) is 4.38. The molecule has 1 N–H and O–H groups in total. The summed E-state index contributed by atoms with van der Waals surface area (Å²) in [4.78, 5) is 5.18. The lowest BCUT2D eigenvalue weighted by Crippen LogP contribution is -2.45. The lowest BCUT2D eigenvalue weighted by atomic mass is 10.1. The summed E-state index contributed by atoms with van der Waals surface area (Å²) < 4.78 is 0. The number of aryl methyl sites for hydroxylation is 1. The Kier molecular flexibility index (Phi) is 4.04. The predicted octanol–water partition coefficient (Wildman–Crippen LogP) is 1.73. The molecule has 0 amide bonds. The SMILES string of the molecule is Cc1cccc(N2CCC(CN3CCNCC3)C2)c1. The Balaban J connectivity index is 1.55. The number of benzene rings is 1. The molecular formula is C16H25N3. The summed E-state index contributed by atoms with van der Waals surface area (Å²) in [6.45, 7) is 10.7. The first-order valence-corrected chi connectivity index (χ1v) is 7.56. The number of hydrogen-bond acceptors (Lipinski definition) is 3. The van der Waals surface area contributed by atoms with Crippen LogP contribution in [0.25, 0.3) is 0 Å². The molecule has 3 heteroatoms. The second-order valence-electron chi connectivity index (χ2n) is 5.99. The quantitative estimate of drug-likeness (QED) is 0.892. The molecule has 2 fully saturated rings. The summed E-state index contributed by atoms with van der Waals surface area (Å²) in [5.74, 6) is 0.846. The Labute approximate surface area is 116 Å². The van der Waals surface area contributed by atoms with E-state index in [0.29, 0.717) is 0 Å². The van der Waals surface area contributed by atoms with Crippen LogP contribution in [0.1, 0.15) is 12.0 Å². The van der Waals surface area contributed by atoms with Crippen molar-refractivity contribution in [1.82, 2.24) is 10.2 Å². The third kappa shape index (κ3) is 3.28. The van der Waals surface area contributed by atoms with Crippen molar-refractivity contribution in [1.29, 1.82) is 0 Å². The van der Waals surface area contributed by atoms with Gasteiger partial charge in [-0.25, -0.2) is 0 Å². The van der Waals surface area contributed by atoms with Gasteiger partial charge in [0.05, 0.1) is 0 Å². The first-order chi connectivity index (χ1) is 9.31. The van der Waals surface area contributed by atoms with Crippen LogP contribution in [0.2, 0.25) is 0 Å². The highest BCUT2D eigenvalue weighted by Crippen LogP contribution is 2.25. The molecule has 0 radical (unpaired) electrons. The smallest absolute Gasteiger partial charge is 0.0368 e. The Morgan fingerprint density at radius 1 is 1.21 bits per heavy atom. The van der Waals surface area contributed by atoms with Gasteiger partial charge in [-0.15, -0.1) is 0 Å². The lowest BCUT2D eigenvalue weighted by molar-refractivity contribution is 0.212. The average molecular weight is 259 g/mol.